The lowest BCUT2D eigenvalue weighted by atomic mass is 10.0. The number of alkyl halides is 1. The van der Waals surface area contributed by atoms with Crippen molar-refractivity contribution in [2.45, 2.75) is 12.3 Å². The van der Waals surface area contributed by atoms with Crippen LogP contribution in [0.15, 0.2) is 36.4 Å². The van der Waals surface area contributed by atoms with Crippen LogP contribution in [0, 0.1) is 12.7 Å². The zero-order valence-corrected chi connectivity index (χ0v) is 12.4. The van der Waals surface area contributed by atoms with Crippen molar-refractivity contribution >= 4 is 11.6 Å². The molecule has 0 aliphatic heterocycles. The summed E-state index contributed by atoms with van der Waals surface area (Å²) in [5.74, 6) is 0.713. The normalized spacial score (nSPS) is 12.1. The summed E-state index contributed by atoms with van der Waals surface area (Å²) in [6, 6.07) is 10.3. The van der Waals surface area contributed by atoms with Crippen LogP contribution < -0.4 is 9.47 Å². The van der Waals surface area contributed by atoms with Gasteiger partial charge >= 0.3 is 0 Å². The molecule has 106 valence electrons. The Bertz CT molecular complexity index is 613. The third-order valence-electron chi connectivity index (χ3n) is 3.14. The van der Waals surface area contributed by atoms with E-state index >= 15 is 0 Å². The Labute approximate surface area is 123 Å². The smallest absolute Gasteiger partial charge is 0.131 e. The molecule has 0 bridgehead atoms. The average molecular weight is 295 g/mol. The van der Waals surface area contributed by atoms with Crippen molar-refractivity contribution < 1.29 is 13.9 Å². The van der Waals surface area contributed by atoms with Gasteiger partial charge in [-0.25, -0.2) is 4.39 Å². The van der Waals surface area contributed by atoms with Gasteiger partial charge in [0.15, 0.2) is 0 Å². The summed E-state index contributed by atoms with van der Waals surface area (Å²) < 4.78 is 24.4. The molecule has 2 rings (SSSR count). The molecule has 0 N–H and O–H groups in total. The van der Waals surface area contributed by atoms with Gasteiger partial charge in [0.2, 0.25) is 0 Å². The number of hydrogen-bond donors (Lipinski definition) is 0. The highest BCUT2D eigenvalue weighted by atomic mass is 35.5. The van der Waals surface area contributed by atoms with Gasteiger partial charge in [0.25, 0.3) is 0 Å². The molecule has 1 atom stereocenters. The molecule has 0 spiro atoms. The number of methoxy groups -OCH3 is 2. The zero-order valence-electron chi connectivity index (χ0n) is 11.6. The molecule has 0 fully saturated rings. The van der Waals surface area contributed by atoms with E-state index in [1.165, 1.54) is 13.2 Å². The Morgan fingerprint density at radius 2 is 1.75 bits per heavy atom. The summed E-state index contributed by atoms with van der Waals surface area (Å²) in [6.45, 7) is 1.96. The minimum Gasteiger partial charge on any atom is -0.497 e. The predicted octanol–water partition coefficient (Wildman–Crippen LogP) is 4.48. The first kappa shape index (κ1) is 14.7. The largest absolute Gasteiger partial charge is 0.497 e. The van der Waals surface area contributed by atoms with Crippen LogP contribution in [0.2, 0.25) is 0 Å². The fourth-order valence-corrected chi connectivity index (χ4v) is 2.41. The molecule has 0 radical (unpaired) electrons. The monoisotopic (exact) mass is 294 g/mol. The summed E-state index contributed by atoms with van der Waals surface area (Å²) in [6.07, 6.45) is 0. The van der Waals surface area contributed by atoms with Crippen molar-refractivity contribution in [2.75, 3.05) is 14.2 Å². The number of halogens is 2. The predicted molar refractivity (Wildman–Crippen MR) is 78.4 cm³/mol. The summed E-state index contributed by atoms with van der Waals surface area (Å²) in [4.78, 5) is 0. The molecule has 0 aliphatic carbocycles. The van der Waals surface area contributed by atoms with E-state index in [4.69, 9.17) is 21.1 Å². The number of aryl methyl sites for hydroxylation is 1. The lowest BCUT2D eigenvalue weighted by Crippen LogP contribution is -2.01. The Hall–Kier alpha value is -1.74. The molecule has 4 heteroatoms. The molecule has 0 saturated heterocycles. The highest BCUT2D eigenvalue weighted by Gasteiger charge is 2.19. The van der Waals surface area contributed by atoms with E-state index in [1.54, 1.807) is 19.2 Å². The SMILES string of the molecule is COc1ccc(C(Cl)c2cc(C)ccc2OC)c(F)c1. The van der Waals surface area contributed by atoms with Gasteiger partial charge in [-0.05, 0) is 19.1 Å². The Morgan fingerprint density at radius 3 is 2.35 bits per heavy atom. The minimum atomic E-state index is -0.615. The number of hydrogen-bond acceptors (Lipinski definition) is 2. The lowest BCUT2D eigenvalue weighted by molar-refractivity contribution is 0.408. The summed E-state index contributed by atoms with van der Waals surface area (Å²) in [5.41, 5.74) is 2.19. The van der Waals surface area contributed by atoms with E-state index in [1.807, 2.05) is 25.1 Å². The maximum Gasteiger partial charge on any atom is 0.131 e. The van der Waals surface area contributed by atoms with Crippen LogP contribution in [0.4, 0.5) is 4.39 Å². The van der Waals surface area contributed by atoms with E-state index in [0.717, 1.165) is 11.1 Å². The van der Waals surface area contributed by atoms with Crippen LogP contribution >= 0.6 is 11.6 Å². The molecule has 0 saturated carbocycles. The van der Waals surface area contributed by atoms with Crippen molar-refractivity contribution in [1.82, 2.24) is 0 Å². The maximum atomic E-state index is 14.1. The van der Waals surface area contributed by atoms with E-state index in [0.29, 0.717) is 17.1 Å². The Kier molecular flexibility index (Phi) is 4.50. The quantitative estimate of drug-likeness (QED) is 0.774. The van der Waals surface area contributed by atoms with E-state index < -0.39 is 11.2 Å². The molecule has 20 heavy (non-hydrogen) atoms. The molecule has 0 aromatic heterocycles. The summed E-state index contributed by atoms with van der Waals surface area (Å²) in [5, 5.41) is -0.615. The second-order valence-corrected chi connectivity index (χ2v) is 4.93. The summed E-state index contributed by atoms with van der Waals surface area (Å²) in [7, 11) is 3.07. The van der Waals surface area contributed by atoms with Gasteiger partial charge in [-0.3, -0.25) is 0 Å². The number of rotatable bonds is 4. The van der Waals surface area contributed by atoms with Crippen molar-refractivity contribution in [3.8, 4) is 11.5 Å². The third-order valence-corrected chi connectivity index (χ3v) is 3.61. The Morgan fingerprint density at radius 1 is 1.00 bits per heavy atom. The molecule has 2 aromatic rings. The zero-order chi connectivity index (χ0) is 14.7. The first-order chi connectivity index (χ1) is 9.56. The molecule has 0 aliphatic rings. The molecular weight excluding hydrogens is 279 g/mol. The van der Waals surface area contributed by atoms with Gasteiger partial charge in [-0.2, -0.15) is 0 Å². The molecule has 2 nitrogen and oxygen atoms in total. The van der Waals surface area contributed by atoms with Gasteiger partial charge < -0.3 is 9.47 Å². The van der Waals surface area contributed by atoms with Crippen molar-refractivity contribution in [3.05, 3.63) is 58.9 Å². The molecule has 2 aromatic carbocycles. The van der Waals surface area contributed by atoms with E-state index in [2.05, 4.69) is 0 Å². The van der Waals surface area contributed by atoms with Crippen LogP contribution in [0.3, 0.4) is 0 Å². The fraction of sp³-hybridized carbons (Fsp3) is 0.250. The van der Waals surface area contributed by atoms with Crippen molar-refractivity contribution in [1.29, 1.82) is 0 Å². The molecule has 1 unspecified atom stereocenters. The second kappa shape index (κ2) is 6.14. The third kappa shape index (κ3) is 2.88. The highest BCUT2D eigenvalue weighted by molar-refractivity contribution is 6.22. The minimum absolute atomic E-state index is 0.395. The van der Waals surface area contributed by atoms with Gasteiger partial charge in [0, 0.05) is 17.2 Å². The van der Waals surface area contributed by atoms with Gasteiger partial charge in [-0.1, -0.05) is 23.8 Å². The van der Waals surface area contributed by atoms with E-state index in [9.17, 15) is 4.39 Å². The van der Waals surface area contributed by atoms with Crippen LogP contribution in [-0.4, -0.2) is 14.2 Å². The maximum absolute atomic E-state index is 14.1. The van der Waals surface area contributed by atoms with E-state index in [-0.39, 0.29) is 0 Å². The van der Waals surface area contributed by atoms with Gasteiger partial charge in [0.1, 0.15) is 17.3 Å². The van der Waals surface area contributed by atoms with Gasteiger partial charge in [0.05, 0.1) is 19.6 Å². The Balaban J connectivity index is 2.45. The van der Waals surface area contributed by atoms with Crippen molar-refractivity contribution in [3.63, 3.8) is 0 Å². The molecule has 0 heterocycles. The number of ether oxygens (including phenoxy) is 2. The fourth-order valence-electron chi connectivity index (χ4n) is 2.06. The summed E-state index contributed by atoms with van der Waals surface area (Å²) >= 11 is 6.43. The average Bonchev–Trinajstić information content (AvgIpc) is 2.46. The first-order valence-electron chi connectivity index (χ1n) is 6.19. The molecule has 0 amide bonds. The lowest BCUT2D eigenvalue weighted by Gasteiger charge is -2.16. The standard InChI is InChI=1S/C16H16ClFO2/c1-10-4-7-15(20-3)13(8-10)16(17)12-6-5-11(19-2)9-14(12)18/h4-9,16H,1-3H3. The van der Waals surface area contributed by atoms with Crippen molar-refractivity contribution in [2.24, 2.45) is 0 Å². The van der Waals surface area contributed by atoms with Crippen LogP contribution in [0.1, 0.15) is 22.1 Å². The number of benzene rings is 2. The second-order valence-electron chi connectivity index (χ2n) is 4.50. The van der Waals surface area contributed by atoms with Crippen LogP contribution in [0.5, 0.6) is 11.5 Å². The first-order valence-corrected chi connectivity index (χ1v) is 6.62. The van der Waals surface area contributed by atoms with Gasteiger partial charge in [-0.15, -0.1) is 11.6 Å². The van der Waals surface area contributed by atoms with Crippen LogP contribution in [0.25, 0.3) is 0 Å². The molecular formula is C16H16ClFO2. The highest BCUT2D eigenvalue weighted by Crippen LogP contribution is 2.37. The topological polar surface area (TPSA) is 18.5 Å². The van der Waals surface area contributed by atoms with Crippen LogP contribution in [-0.2, 0) is 0 Å².